The first kappa shape index (κ1) is 12.1. The Balaban J connectivity index is 2.65. The maximum atomic E-state index is 11.6. The molecule has 0 aliphatic rings. The van der Waals surface area contributed by atoms with Gasteiger partial charge in [0, 0.05) is 6.20 Å². The van der Waals surface area contributed by atoms with E-state index in [0.29, 0.717) is 0 Å². The Kier molecular flexibility index (Phi) is 3.93. The predicted molar refractivity (Wildman–Crippen MR) is 55.7 cm³/mol. The molecule has 0 unspecified atom stereocenters. The third kappa shape index (κ3) is 3.01. The molecule has 0 saturated carbocycles. The van der Waals surface area contributed by atoms with E-state index in [1.807, 2.05) is 0 Å². The van der Waals surface area contributed by atoms with Crippen molar-refractivity contribution in [1.29, 1.82) is 0 Å². The molecule has 0 bridgehead atoms. The number of amides is 1. The van der Waals surface area contributed by atoms with Crippen LogP contribution in [0.1, 0.15) is 23.1 Å². The zero-order chi connectivity index (χ0) is 12.1. The van der Waals surface area contributed by atoms with Gasteiger partial charge in [0.1, 0.15) is 11.7 Å². The van der Waals surface area contributed by atoms with Gasteiger partial charge in [-0.15, -0.1) is 0 Å². The smallest absolute Gasteiger partial charge is 0.328 e. The molecular weight excluding hydrogens is 210 g/mol. The normalized spacial score (nSPS) is 11.7. The van der Waals surface area contributed by atoms with Crippen LogP contribution in [0.3, 0.4) is 0 Å². The summed E-state index contributed by atoms with van der Waals surface area (Å²) >= 11 is 0. The zero-order valence-corrected chi connectivity index (χ0v) is 9.35. The number of aromatic nitrogens is 2. The minimum atomic E-state index is -0.708. The van der Waals surface area contributed by atoms with Gasteiger partial charge in [0.05, 0.1) is 19.0 Å². The van der Waals surface area contributed by atoms with E-state index in [9.17, 15) is 9.59 Å². The lowest BCUT2D eigenvalue weighted by Crippen LogP contribution is -2.39. The van der Waals surface area contributed by atoms with Crippen molar-refractivity contribution in [2.45, 2.75) is 19.9 Å². The van der Waals surface area contributed by atoms with Crippen LogP contribution in [-0.2, 0) is 9.53 Å². The average Bonchev–Trinajstić information content (AvgIpc) is 2.28. The standard InChI is InChI=1S/C10H13N3O3/c1-6-4-12-8(5-11-6)9(14)13-7(2)10(15)16-3/h4-5,7H,1-3H3,(H,13,14)/t7-/m1/s1. The van der Waals surface area contributed by atoms with Crippen LogP contribution in [0.5, 0.6) is 0 Å². The van der Waals surface area contributed by atoms with Crippen molar-refractivity contribution >= 4 is 11.9 Å². The molecule has 0 aliphatic carbocycles. The summed E-state index contributed by atoms with van der Waals surface area (Å²) in [5, 5.41) is 2.45. The van der Waals surface area contributed by atoms with Crippen molar-refractivity contribution in [3.05, 3.63) is 23.8 Å². The highest BCUT2D eigenvalue weighted by Crippen LogP contribution is 1.95. The molecule has 0 aromatic carbocycles. The second-order valence-electron chi connectivity index (χ2n) is 3.26. The van der Waals surface area contributed by atoms with E-state index in [4.69, 9.17) is 0 Å². The Hall–Kier alpha value is -1.98. The Labute approximate surface area is 93.0 Å². The van der Waals surface area contributed by atoms with Crippen LogP contribution in [0.2, 0.25) is 0 Å². The highest BCUT2D eigenvalue weighted by Gasteiger charge is 2.17. The Bertz CT molecular complexity index is 389. The van der Waals surface area contributed by atoms with Gasteiger partial charge >= 0.3 is 5.97 Å². The molecule has 1 amide bonds. The number of nitrogens with zero attached hydrogens (tertiary/aromatic N) is 2. The summed E-state index contributed by atoms with van der Waals surface area (Å²) in [7, 11) is 1.26. The fourth-order valence-corrected chi connectivity index (χ4v) is 1.02. The van der Waals surface area contributed by atoms with E-state index in [1.165, 1.54) is 26.4 Å². The van der Waals surface area contributed by atoms with Crippen LogP contribution in [0.15, 0.2) is 12.4 Å². The molecule has 1 aromatic rings. The van der Waals surface area contributed by atoms with Gasteiger partial charge in [-0.05, 0) is 13.8 Å². The van der Waals surface area contributed by atoms with E-state index in [-0.39, 0.29) is 5.69 Å². The van der Waals surface area contributed by atoms with Crippen LogP contribution >= 0.6 is 0 Å². The average molecular weight is 223 g/mol. The number of carbonyl (C=O) groups is 2. The van der Waals surface area contributed by atoms with Crippen molar-refractivity contribution in [2.75, 3.05) is 7.11 Å². The molecule has 1 atom stereocenters. The number of nitrogens with one attached hydrogen (secondary N) is 1. The van der Waals surface area contributed by atoms with Crippen LogP contribution in [0.4, 0.5) is 0 Å². The van der Waals surface area contributed by atoms with Crippen molar-refractivity contribution in [3.8, 4) is 0 Å². The van der Waals surface area contributed by atoms with Gasteiger partial charge in [-0.3, -0.25) is 9.78 Å². The maximum Gasteiger partial charge on any atom is 0.328 e. The third-order valence-electron chi connectivity index (χ3n) is 1.92. The number of hydrogen-bond acceptors (Lipinski definition) is 5. The van der Waals surface area contributed by atoms with E-state index < -0.39 is 17.9 Å². The van der Waals surface area contributed by atoms with Crippen LogP contribution in [-0.4, -0.2) is 35.0 Å². The number of methoxy groups -OCH3 is 1. The van der Waals surface area contributed by atoms with Gasteiger partial charge in [0.2, 0.25) is 0 Å². The Morgan fingerprint density at radius 3 is 2.56 bits per heavy atom. The molecular formula is C10H13N3O3. The first-order valence-corrected chi connectivity index (χ1v) is 4.72. The van der Waals surface area contributed by atoms with Gasteiger partial charge < -0.3 is 10.1 Å². The van der Waals surface area contributed by atoms with Crippen LogP contribution < -0.4 is 5.32 Å². The minimum absolute atomic E-state index is 0.168. The predicted octanol–water partition coefficient (Wildman–Crippen LogP) is 0.0763. The lowest BCUT2D eigenvalue weighted by molar-refractivity contribution is -0.142. The van der Waals surface area contributed by atoms with Crippen molar-refractivity contribution < 1.29 is 14.3 Å². The molecule has 1 heterocycles. The van der Waals surface area contributed by atoms with Crippen LogP contribution in [0.25, 0.3) is 0 Å². The molecule has 1 rings (SSSR count). The summed E-state index contributed by atoms with van der Waals surface area (Å²) in [5.41, 5.74) is 0.888. The van der Waals surface area contributed by atoms with E-state index in [2.05, 4.69) is 20.0 Å². The summed E-state index contributed by atoms with van der Waals surface area (Å²) in [5.74, 6) is -0.959. The summed E-state index contributed by atoms with van der Waals surface area (Å²) in [6, 6.07) is -0.708. The van der Waals surface area contributed by atoms with Crippen LogP contribution in [0, 0.1) is 6.92 Å². The quantitative estimate of drug-likeness (QED) is 0.734. The molecule has 0 aliphatic heterocycles. The number of carbonyl (C=O) groups excluding carboxylic acids is 2. The third-order valence-corrected chi connectivity index (χ3v) is 1.92. The number of aryl methyl sites for hydroxylation is 1. The lowest BCUT2D eigenvalue weighted by atomic mass is 10.3. The monoisotopic (exact) mass is 223 g/mol. The fraction of sp³-hybridized carbons (Fsp3) is 0.400. The van der Waals surface area contributed by atoms with Gasteiger partial charge in [-0.2, -0.15) is 0 Å². The van der Waals surface area contributed by atoms with Gasteiger partial charge in [0.25, 0.3) is 5.91 Å². The number of hydrogen-bond donors (Lipinski definition) is 1. The number of rotatable bonds is 3. The summed E-state index contributed by atoms with van der Waals surface area (Å²) < 4.78 is 4.48. The molecule has 6 heteroatoms. The fourth-order valence-electron chi connectivity index (χ4n) is 1.02. The zero-order valence-electron chi connectivity index (χ0n) is 9.35. The molecule has 6 nitrogen and oxygen atoms in total. The second kappa shape index (κ2) is 5.20. The summed E-state index contributed by atoms with van der Waals surface area (Å²) in [6.45, 7) is 3.30. The molecule has 1 N–H and O–H groups in total. The molecule has 0 radical (unpaired) electrons. The lowest BCUT2D eigenvalue weighted by Gasteiger charge is -2.10. The number of esters is 1. The van der Waals surface area contributed by atoms with Crippen molar-refractivity contribution in [3.63, 3.8) is 0 Å². The second-order valence-corrected chi connectivity index (χ2v) is 3.26. The van der Waals surface area contributed by atoms with Crippen molar-refractivity contribution in [2.24, 2.45) is 0 Å². The molecule has 86 valence electrons. The summed E-state index contributed by atoms with van der Waals surface area (Å²) in [4.78, 5) is 30.4. The molecule has 0 fully saturated rings. The van der Waals surface area contributed by atoms with Gasteiger partial charge in [-0.25, -0.2) is 9.78 Å². The van der Waals surface area contributed by atoms with Gasteiger partial charge in [-0.1, -0.05) is 0 Å². The highest BCUT2D eigenvalue weighted by atomic mass is 16.5. The SMILES string of the molecule is COC(=O)[C@@H](C)NC(=O)c1cnc(C)cn1. The van der Waals surface area contributed by atoms with E-state index >= 15 is 0 Å². The summed E-state index contributed by atoms with van der Waals surface area (Å²) in [6.07, 6.45) is 2.84. The molecule has 0 saturated heterocycles. The minimum Gasteiger partial charge on any atom is -0.467 e. The molecule has 1 aromatic heterocycles. The first-order valence-electron chi connectivity index (χ1n) is 4.72. The largest absolute Gasteiger partial charge is 0.467 e. The first-order chi connectivity index (χ1) is 7.54. The van der Waals surface area contributed by atoms with E-state index in [0.717, 1.165) is 5.69 Å². The Morgan fingerprint density at radius 2 is 2.06 bits per heavy atom. The topological polar surface area (TPSA) is 81.2 Å². The van der Waals surface area contributed by atoms with Crippen molar-refractivity contribution in [1.82, 2.24) is 15.3 Å². The Morgan fingerprint density at radius 1 is 1.38 bits per heavy atom. The maximum absolute atomic E-state index is 11.6. The van der Waals surface area contributed by atoms with Gasteiger partial charge in [0.15, 0.2) is 0 Å². The highest BCUT2D eigenvalue weighted by molar-refractivity contribution is 5.94. The van der Waals surface area contributed by atoms with E-state index in [1.54, 1.807) is 6.92 Å². The molecule has 0 spiro atoms. The molecule has 16 heavy (non-hydrogen) atoms. The number of ether oxygens (including phenoxy) is 1.